The first-order valence-corrected chi connectivity index (χ1v) is 6.53. The van der Waals surface area contributed by atoms with Crippen molar-refractivity contribution in [3.8, 4) is 0 Å². The van der Waals surface area contributed by atoms with E-state index in [2.05, 4.69) is 12.2 Å². The zero-order chi connectivity index (χ0) is 14.2. The lowest BCUT2D eigenvalue weighted by Gasteiger charge is -2.24. The predicted molar refractivity (Wildman–Crippen MR) is 71.2 cm³/mol. The van der Waals surface area contributed by atoms with Gasteiger partial charge in [0.05, 0.1) is 6.42 Å². The number of carboxylic acid groups (broad SMARTS) is 1. The molecule has 0 heterocycles. The van der Waals surface area contributed by atoms with E-state index in [0.29, 0.717) is 18.9 Å². The quantitative estimate of drug-likeness (QED) is 0.584. The molecule has 18 heavy (non-hydrogen) atoms. The highest BCUT2D eigenvalue weighted by Crippen LogP contribution is 2.15. The van der Waals surface area contributed by atoms with Crippen molar-refractivity contribution in [2.24, 2.45) is 11.7 Å². The smallest absolute Gasteiger partial charge is 0.305 e. The standard InChI is InChI=1S/C13H26N2O3/c1-4-10(7-8-14)5-6-11(16)15-13(2,3)9-12(17)18/h10H,4-9,14H2,1-3H3,(H,15,16)(H,17,18). The van der Waals surface area contributed by atoms with E-state index in [9.17, 15) is 9.59 Å². The molecule has 1 atom stereocenters. The summed E-state index contributed by atoms with van der Waals surface area (Å²) in [7, 11) is 0. The van der Waals surface area contributed by atoms with Crippen LogP contribution in [0.5, 0.6) is 0 Å². The molecule has 5 heteroatoms. The number of hydrogen-bond acceptors (Lipinski definition) is 3. The maximum Gasteiger partial charge on any atom is 0.305 e. The zero-order valence-electron chi connectivity index (χ0n) is 11.7. The minimum absolute atomic E-state index is 0.0707. The van der Waals surface area contributed by atoms with Crippen LogP contribution in [0.3, 0.4) is 0 Å². The van der Waals surface area contributed by atoms with Gasteiger partial charge >= 0.3 is 5.97 Å². The molecule has 0 saturated heterocycles. The van der Waals surface area contributed by atoms with E-state index in [4.69, 9.17) is 10.8 Å². The van der Waals surface area contributed by atoms with Crippen molar-refractivity contribution in [3.63, 3.8) is 0 Å². The molecule has 0 saturated carbocycles. The first-order chi connectivity index (χ1) is 8.30. The van der Waals surface area contributed by atoms with E-state index in [1.54, 1.807) is 13.8 Å². The van der Waals surface area contributed by atoms with Crippen LogP contribution in [0.2, 0.25) is 0 Å². The lowest BCUT2D eigenvalue weighted by atomic mass is 9.95. The summed E-state index contributed by atoms with van der Waals surface area (Å²) in [5, 5.41) is 11.5. The van der Waals surface area contributed by atoms with Crippen LogP contribution in [0.4, 0.5) is 0 Å². The van der Waals surface area contributed by atoms with E-state index in [1.165, 1.54) is 0 Å². The van der Waals surface area contributed by atoms with E-state index < -0.39 is 11.5 Å². The molecule has 0 aliphatic rings. The summed E-state index contributed by atoms with van der Waals surface area (Å²) in [5.74, 6) is -0.519. The van der Waals surface area contributed by atoms with Gasteiger partial charge in [0.25, 0.3) is 0 Å². The topological polar surface area (TPSA) is 92.4 Å². The molecule has 0 spiro atoms. The van der Waals surface area contributed by atoms with Crippen molar-refractivity contribution in [1.29, 1.82) is 0 Å². The molecule has 0 aliphatic heterocycles. The molecule has 0 fully saturated rings. The highest BCUT2D eigenvalue weighted by molar-refractivity contribution is 5.78. The largest absolute Gasteiger partial charge is 0.481 e. The Morgan fingerprint density at radius 2 is 1.94 bits per heavy atom. The third kappa shape index (κ3) is 8.06. The van der Waals surface area contributed by atoms with Crippen LogP contribution in [0, 0.1) is 5.92 Å². The number of nitrogens with one attached hydrogen (secondary N) is 1. The molecular formula is C13H26N2O3. The molecule has 0 aromatic heterocycles. The molecule has 0 rings (SSSR count). The Balaban J connectivity index is 4.06. The zero-order valence-corrected chi connectivity index (χ0v) is 11.7. The first-order valence-electron chi connectivity index (χ1n) is 6.53. The van der Waals surface area contributed by atoms with E-state index in [-0.39, 0.29) is 12.3 Å². The average Bonchev–Trinajstić information content (AvgIpc) is 2.21. The minimum Gasteiger partial charge on any atom is -0.481 e. The summed E-state index contributed by atoms with van der Waals surface area (Å²) in [4.78, 5) is 22.4. The Morgan fingerprint density at radius 1 is 1.33 bits per heavy atom. The number of carboxylic acids is 1. The van der Waals surface area contributed by atoms with Crippen LogP contribution in [0.15, 0.2) is 0 Å². The monoisotopic (exact) mass is 258 g/mol. The molecule has 4 N–H and O–H groups in total. The van der Waals surface area contributed by atoms with Gasteiger partial charge in [0.2, 0.25) is 5.91 Å². The third-order valence-electron chi connectivity index (χ3n) is 3.00. The predicted octanol–water partition coefficient (Wildman–Crippen LogP) is 1.51. The summed E-state index contributed by atoms with van der Waals surface area (Å²) >= 11 is 0. The number of carbonyl (C=O) groups is 2. The van der Waals surface area contributed by atoms with Gasteiger partial charge in [-0.15, -0.1) is 0 Å². The summed E-state index contributed by atoms with van der Waals surface area (Å²) in [6, 6.07) is 0. The molecule has 1 unspecified atom stereocenters. The minimum atomic E-state index is -0.908. The SMILES string of the molecule is CCC(CCN)CCC(=O)NC(C)(C)CC(=O)O. The van der Waals surface area contributed by atoms with Crippen molar-refractivity contribution in [2.75, 3.05) is 6.54 Å². The first kappa shape index (κ1) is 16.9. The molecule has 0 aliphatic carbocycles. The van der Waals surface area contributed by atoms with Gasteiger partial charge in [-0.25, -0.2) is 0 Å². The Labute approximate surface area is 109 Å². The maximum absolute atomic E-state index is 11.7. The van der Waals surface area contributed by atoms with E-state index >= 15 is 0 Å². The van der Waals surface area contributed by atoms with Gasteiger partial charge in [0.1, 0.15) is 0 Å². The van der Waals surface area contributed by atoms with Crippen molar-refractivity contribution >= 4 is 11.9 Å². The Morgan fingerprint density at radius 3 is 2.39 bits per heavy atom. The number of rotatable bonds is 9. The van der Waals surface area contributed by atoms with Crippen LogP contribution in [-0.2, 0) is 9.59 Å². The van der Waals surface area contributed by atoms with Gasteiger partial charge in [-0.2, -0.15) is 0 Å². The van der Waals surface area contributed by atoms with Crippen molar-refractivity contribution in [3.05, 3.63) is 0 Å². The molecule has 0 bridgehead atoms. The lowest BCUT2D eigenvalue weighted by Crippen LogP contribution is -2.44. The fraction of sp³-hybridized carbons (Fsp3) is 0.846. The highest BCUT2D eigenvalue weighted by atomic mass is 16.4. The van der Waals surface area contributed by atoms with Gasteiger partial charge < -0.3 is 16.2 Å². The third-order valence-corrected chi connectivity index (χ3v) is 3.00. The number of aliphatic carboxylic acids is 1. The number of carbonyl (C=O) groups excluding carboxylic acids is 1. The van der Waals surface area contributed by atoms with Gasteiger partial charge in [0, 0.05) is 12.0 Å². The second-order valence-corrected chi connectivity index (χ2v) is 5.39. The second kappa shape index (κ2) is 8.08. The Bertz CT molecular complexity index is 277. The molecule has 0 aromatic carbocycles. The van der Waals surface area contributed by atoms with Crippen LogP contribution < -0.4 is 11.1 Å². The van der Waals surface area contributed by atoms with Gasteiger partial charge in [-0.3, -0.25) is 9.59 Å². The van der Waals surface area contributed by atoms with E-state index in [1.807, 2.05) is 0 Å². The van der Waals surface area contributed by atoms with Crippen LogP contribution in [0.1, 0.15) is 52.9 Å². The molecule has 5 nitrogen and oxygen atoms in total. The van der Waals surface area contributed by atoms with Crippen molar-refractivity contribution in [2.45, 2.75) is 58.4 Å². The van der Waals surface area contributed by atoms with Crippen LogP contribution in [0.25, 0.3) is 0 Å². The number of amides is 1. The van der Waals surface area contributed by atoms with Crippen LogP contribution in [-0.4, -0.2) is 29.1 Å². The van der Waals surface area contributed by atoms with E-state index in [0.717, 1.165) is 19.3 Å². The summed E-state index contributed by atoms with van der Waals surface area (Å²) < 4.78 is 0. The Kier molecular flexibility index (Phi) is 7.59. The summed E-state index contributed by atoms with van der Waals surface area (Å²) in [6.07, 6.45) is 3.12. The lowest BCUT2D eigenvalue weighted by molar-refractivity contribution is -0.138. The highest BCUT2D eigenvalue weighted by Gasteiger charge is 2.23. The van der Waals surface area contributed by atoms with Gasteiger partial charge in [-0.1, -0.05) is 13.3 Å². The fourth-order valence-corrected chi connectivity index (χ4v) is 1.99. The molecule has 0 radical (unpaired) electrons. The van der Waals surface area contributed by atoms with Gasteiger partial charge in [0.15, 0.2) is 0 Å². The van der Waals surface area contributed by atoms with Crippen LogP contribution >= 0.6 is 0 Å². The second-order valence-electron chi connectivity index (χ2n) is 5.39. The van der Waals surface area contributed by atoms with Crippen molar-refractivity contribution < 1.29 is 14.7 Å². The molecule has 106 valence electrons. The maximum atomic E-state index is 11.7. The summed E-state index contributed by atoms with van der Waals surface area (Å²) in [5.41, 5.74) is 4.81. The average molecular weight is 258 g/mol. The number of hydrogen-bond donors (Lipinski definition) is 3. The fourth-order valence-electron chi connectivity index (χ4n) is 1.99. The van der Waals surface area contributed by atoms with Crippen molar-refractivity contribution in [1.82, 2.24) is 5.32 Å². The molecular weight excluding hydrogens is 232 g/mol. The van der Waals surface area contributed by atoms with Gasteiger partial charge in [-0.05, 0) is 39.2 Å². The summed E-state index contributed by atoms with van der Waals surface area (Å²) in [6.45, 7) is 6.17. The molecule has 1 amide bonds. The Hall–Kier alpha value is -1.10. The normalized spacial score (nSPS) is 13.1. The number of nitrogens with two attached hydrogens (primary N) is 1. The molecule has 0 aromatic rings.